The van der Waals surface area contributed by atoms with Crippen LogP contribution in [0.5, 0.6) is 0 Å². The smallest absolute Gasteiger partial charge is 0.360 e. The second kappa shape index (κ2) is 4.39. The van der Waals surface area contributed by atoms with Crippen molar-refractivity contribution in [2.75, 3.05) is 12.8 Å². The number of carbonyl (C=O) groups excluding carboxylic acids is 1. The number of carbonyl (C=O) groups is 1. The van der Waals surface area contributed by atoms with Crippen LogP contribution in [0, 0.1) is 12.8 Å². The van der Waals surface area contributed by atoms with E-state index >= 15 is 0 Å². The number of anilines is 1. The molecule has 1 aliphatic rings. The molecule has 0 bridgehead atoms. The van der Waals surface area contributed by atoms with Crippen LogP contribution in [-0.4, -0.2) is 22.6 Å². The fraction of sp³-hybridized carbons (Fsp3) is 0.667. The van der Waals surface area contributed by atoms with Gasteiger partial charge >= 0.3 is 5.97 Å². The molecule has 5 heteroatoms. The number of rotatable bonds is 3. The van der Waals surface area contributed by atoms with Crippen LogP contribution in [0.3, 0.4) is 0 Å². The highest BCUT2D eigenvalue weighted by Crippen LogP contribution is 2.38. The molecule has 0 amide bonds. The van der Waals surface area contributed by atoms with Crippen LogP contribution in [-0.2, 0) is 4.74 Å². The number of aryl methyl sites for hydroxylation is 1. The van der Waals surface area contributed by atoms with Gasteiger partial charge in [-0.25, -0.2) is 9.78 Å². The second-order valence-corrected chi connectivity index (χ2v) is 4.69. The molecular formula is C12H19N3O2. The molecule has 2 rings (SSSR count). The van der Waals surface area contributed by atoms with Crippen LogP contribution >= 0.6 is 0 Å². The molecule has 1 aromatic rings. The Morgan fingerprint density at radius 3 is 2.71 bits per heavy atom. The SMILES string of the molecule is COC(=O)c1nc(C)n(C(C)C2CCC2)c1N. The highest BCUT2D eigenvalue weighted by Gasteiger charge is 2.29. The van der Waals surface area contributed by atoms with Gasteiger partial charge < -0.3 is 15.0 Å². The van der Waals surface area contributed by atoms with Crippen LogP contribution in [0.25, 0.3) is 0 Å². The standard InChI is InChI=1S/C12H19N3O2/c1-7(9-5-4-6-9)15-8(2)14-10(11(15)13)12(16)17-3/h7,9H,4-6,13H2,1-3H3. The first-order chi connectivity index (χ1) is 8.06. The molecule has 17 heavy (non-hydrogen) atoms. The lowest BCUT2D eigenvalue weighted by Crippen LogP contribution is -2.24. The predicted octanol–water partition coefficient (Wildman–Crippen LogP) is 1.92. The Kier molecular flexibility index (Phi) is 3.09. The zero-order valence-corrected chi connectivity index (χ0v) is 10.6. The number of nitrogens with zero attached hydrogens (tertiary/aromatic N) is 2. The molecule has 0 aliphatic heterocycles. The Hall–Kier alpha value is -1.52. The van der Waals surface area contributed by atoms with Gasteiger partial charge in [0.15, 0.2) is 5.69 Å². The largest absolute Gasteiger partial charge is 0.464 e. The maximum Gasteiger partial charge on any atom is 0.360 e. The number of aromatic nitrogens is 2. The maximum absolute atomic E-state index is 11.5. The van der Waals surface area contributed by atoms with Crippen molar-refractivity contribution < 1.29 is 9.53 Å². The van der Waals surface area contributed by atoms with Crippen LogP contribution in [0.15, 0.2) is 0 Å². The third kappa shape index (κ3) is 1.90. The number of methoxy groups -OCH3 is 1. The van der Waals surface area contributed by atoms with Crippen molar-refractivity contribution in [3.8, 4) is 0 Å². The summed E-state index contributed by atoms with van der Waals surface area (Å²) >= 11 is 0. The van der Waals surface area contributed by atoms with E-state index in [0.29, 0.717) is 17.8 Å². The van der Waals surface area contributed by atoms with E-state index in [1.165, 1.54) is 26.4 Å². The summed E-state index contributed by atoms with van der Waals surface area (Å²) in [5.41, 5.74) is 6.23. The monoisotopic (exact) mass is 237 g/mol. The van der Waals surface area contributed by atoms with Crippen LogP contribution in [0.1, 0.15) is 48.5 Å². The average Bonchev–Trinajstić information content (AvgIpc) is 2.50. The highest BCUT2D eigenvalue weighted by atomic mass is 16.5. The molecular weight excluding hydrogens is 218 g/mol. The molecule has 1 unspecified atom stereocenters. The van der Waals surface area contributed by atoms with Crippen molar-refractivity contribution in [1.82, 2.24) is 9.55 Å². The molecule has 94 valence electrons. The molecule has 1 fully saturated rings. The normalized spacial score (nSPS) is 17.6. The number of nitrogen functional groups attached to an aromatic ring is 1. The molecule has 0 spiro atoms. The number of hydrogen-bond acceptors (Lipinski definition) is 4. The number of ether oxygens (including phenoxy) is 1. The Morgan fingerprint density at radius 2 is 2.24 bits per heavy atom. The predicted molar refractivity (Wildman–Crippen MR) is 64.8 cm³/mol. The van der Waals surface area contributed by atoms with Gasteiger partial charge in [0.2, 0.25) is 0 Å². The number of hydrogen-bond donors (Lipinski definition) is 1. The molecule has 0 radical (unpaired) electrons. The minimum Gasteiger partial charge on any atom is -0.464 e. The minimum absolute atomic E-state index is 0.233. The Bertz CT molecular complexity index is 435. The third-order valence-corrected chi connectivity index (χ3v) is 3.74. The van der Waals surface area contributed by atoms with Crippen LogP contribution in [0.2, 0.25) is 0 Å². The first-order valence-corrected chi connectivity index (χ1v) is 5.98. The molecule has 1 saturated carbocycles. The molecule has 1 heterocycles. The zero-order valence-electron chi connectivity index (χ0n) is 10.6. The number of esters is 1. The summed E-state index contributed by atoms with van der Waals surface area (Å²) in [5, 5.41) is 0. The fourth-order valence-electron chi connectivity index (χ4n) is 2.46. The molecule has 1 aliphatic carbocycles. The summed E-state index contributed by atoms with van der Waals surface area (Å²) in [6, 6.07) is 0.301. The molecule has 5 nitrogen and oxygen atoms in total. The highest BCUT2D eigenvalue weighted by molar-refractivity contribution is 5.92. The summed E-state index contributed by atoms with van der Waals surface area (Å²) in [6.45, 7) is 4.01. The lowest BCUT2D eigenvalue weighted by molar-refractivity contribution is 0.0595. The van der Waals surface area contributed by atoms with Gasteiger partial charge in [0.05, 0.1) is 7.11 Å². The van der Waals surface area contributed by atoms with Crippen LogP contribution in [0.4, 0.5) is 5.82 Å². The van der Waals surface area contributed by atoms with Crippen molar-refractivity contribution in [3.63, 3.8) is 0 Å². The van der Waals surface area contributed by atoms with Crippen molar-refractivity contribution in [3.05, 3.63) is 11.5 Å². The van der Waals surface area contributed by atoms with Crippen molar-refractivity contribution in [1.29, 1.82) is 0 Å². The molecule has 0 aromatic carbocycles. The first kappa shape index (κ1) is 12.0. The van der Waals surface area contributed by atoms with Gasteiger partial charge in [0.25, 0.3) is 0 Å². The van der Waals surface area contributed by atoms with Gasteiger partial charge in [-0.15, -0.1) is 0 Å². The van der Waals surface area contributed by atoms with E-state index in [9.17, 15) is 4.79 Å². The van der Waals surface area contributed by atoms with Crippen molar-refractivity contribution >= 4 is 11.8 Å². The van der Waals surface area contributed by atoms with E-state index in [0.717, 1.165) is 5.82 Å². The molecule has 1 atom stereocenters. The third-order valence-electron chi connectivity index (χ3n) is 3.74. The van der Waals surface area contributed by atoms with E-state index in [1.807, 2.05) is 11.5 Å². The van der Waals surface area contributed by atoms with E-state index in [4.69, 9.17) is 5.73 Å². The lowest BCUT2D eigenvalue weighted by atomic mass is 9.80. The van der Waals surface area contributed by atoms with Gasteiger partial charge in [-0.2, -0.15) is 0 Å². The number of nitrogens with two attached hydrogens (primary N) is 1. The van der Waals surface area contributed by atoms with Gasteiger partial charge in [-0.3, -0.25) is 0 Å². The zero-order chi connectivity index (χ0) is 12.6. The maximum atomic E-state index is 11.5. The second-order valence-electron chi connectivity index (χ2n) is 4.69. The lowest BCUT2D eigenvalue weighted by Gasteiger charge is -2.33. The van der Waals surface area contributed by atoms with E-state index in [1.54, 1.807) is 0 Å². The van der Waals surface area contributed by atoms with Gasteiger partial charge in [-0.05, 0) is 32.6 Å². The minimum atomic E-state index is -0.467. The Labute approximate surface area is 101 Å². The summed E-state index contributed by atoms with van der Waals surface area (Å²) in [4.78, 5) is 15.7. The van der Waals surface area contributed by atoms with Crippen LogP contribution < -0.4 is 5.73 Å². The quantitative estimate of drug-likeness (QED) is 0.815. The summed E-state index contributed by atoms with van der Waals surface area (Å²) in [7, 11) is 1.34. The topological polar surface area (TPSA) is 70.1 Å². The van der Waals surface area contributed by atoms with E-state index < -0.39 is 5.97 Å². The van der Waals surface area contributed by atoms with Gasteiger partial charge in [0.1, 0.15) is 11.6 Å². The summed E-state index contributed by atoms with van der Waals surface area (Å²) in [5.74, 6) is 1.39. The summed E-state index contributed by atoms with van der Waals surface area (Å²) in [6.07, 6.45) is 3.74. The molecule has 0 saturated heterocycles. The number of imidazole rings is 1. The van der Waals surface area contributed by atoms with E-state index in [2.05, 4.69) is 16.6 Å². The first-order valence-electron chi connectivity index (χ1n) is 5.98. The molecule has 1 aromatic heterocycles. The molecule has 2 N–H and O–H groups in total. The fourth-order valence-corrected chi connectivity index (χ4v) is 2.46. The summed E-state index contributed by atoms with van der Waals surface area (Å²) < 4.78 is 6.63. The van der Waals surface area contributed by atoms with E-state index in [-0.39, 0.29) is 5.69 Å². The Morgan fingerprint density at radius 1 is 1.59 bits per heavy atom. The Balaban J connectivity index is 2.33. The van der Waals surface area contributed by atoms with Crippen molar-refractivity contribution in [2.45, 2.75) is 39.2 Å². The van der Waals surface area contributed by atoms with Crippen molar-refractivity contribution in [2.24, 2.45) is 5.92 Å². The van der Waals surface area contributed by atoms with Gasteiger partial charge in [0, 0.05) is 6.04 Å². The van der Waals surface area contributed by atoms with Gasteiger partial charge in [-0.1, -0.05) is 6.42 Å². The average molecular weight is 237 g/mol.